The third-order valence-electron chi connectivity index (χ3n) is 1.10. The standard InChI is InChI=1S/C6H4O2S/c1-2-4-6-5(3-1)7-9-8-6/h1-4H. The SMILES string of the molecule is c1ccc2c(c1)OSO2. The molecular weight excluding hydrogens is 136 g/mol. The minimum atomic E-state index is 0.808. The molecule has 0 spiro atoms. The maximum Gasteiger partial charge on any atom is 0.293 e. The molecule has 0 amide bonds. The quantitative estimate of drug-likeness (QED) is 0.513. The van der Waals surface area contributed by atoms with Crippen LogP contribution in [0, 0.1) is 0 Å². The van der Waals surface area contributed by atoms with E-state index < -0.39 is 0 Å². The Bertz CT molecular complexity index is 201. The van der Waals surface area contributed by atoms with Crippen LogP contribution in [0.5, 0.6) is 11.5 Å². The fourth-order valence-electron chi connectivity index (χ4n) is 0.678. The lowest BCUT2D eigenvalue weighted by molar-refractivity contribution is 0.631. The first kappa shape index (κ1) is 4.99. The van der Waals surface area contributed by atoms with Crippen LogP contribution in [-0.4, -0.2) is 0 Å². The van der Waals surface area contributed by atoms with E-state index in [4.69, 9.17) is 8.37 Å². The largest absolute Gasteiger partial charge is 0.387 e. The van der Waals surface area contributed by atoms with Crippen molar-refractivity contribution in [2.75, 3.05) is 0 Å². The molecule has 0 saturated carbocycles. The first-order valence-corrected chi connectivity index (χ1v) is 3.24. The Morgan fingerprint density at radius 3 is 2.11 bits per heavy atom. The normalized spacial score (nSPS) is 13.8. The summed E-state index contributed by atoms with van der Waals surface area (Å²) in [5, 5.41) is 0. The van der Waals surface area contributed by atoms with Crippen LogP contribution in [0.4, 0.5) is 0 Å². The molecular formula is C6H4O2S. The Hall–Kier alpha value is -0.830. The molecule has 0 radical (unpaired) electrons. The van der Waals surface area contributed by atoms with E-state index in [9.17, 15) is 0 Å². The van der Waals surface area contributed by atoms with Crippen LogP contribution in [0.15, 0.2) is 24.3 Å². The second kappa shape index (κ2) is 1.84. The average molecular weight is 140 g/mol. The lowest BCUT2D eigenvalue weighted by Gasteiger charge is -1.87. The van der Waals surface area contributed by atoms with Crippen LogP contribution >= 0.6 is 12.3 Å². The molecule has 1 aliphatic heterocycles. The zero-order chi connectivity index (χ0) is 6.10. The highest BCUT2D eigenvalue weighted by molar-refractivity contribution is 7.90. The van der Waals surface area contributed by atoms with Crippen LogP contribution < -0.4 is 8.37 Å². The smallest absolute Gasteiger partial charge is 0.293 e. The Labute approximate surface area is 57.2 Å². The van der Waals surface area contributed by atoms with Crippen molar-refractivity contribution in [3.63, 3.8) is 0 Å². The van der Waals surface area contributed by atoms with E-state index in [1.807, 2.05) is 24.3 Å². The predicted octanol–water partition coefficient (Wildman–Crippen LogP) is 2.02. The lowest BCUT2D eigenvalue weighted by atomic mass is 10.3. The molecule has 9 heavy (non-hydrogen) atoms. The fraction of sp³-hybridized carbons (Fsp3) is 0. The van der Waals surface area contributed by atoms with E-state index in [2.05, 4.69) is 0 Å². The molecule has 1 aliphatic rings. The lowest BCUT2D eigenvalue weighted by Crippen LogP contribution is -1.67. The Morgan fingerprint density at radius 2 is 1.56 bits per heavy atom. The molecule has 0 atom stereocenters. The molecule has 1 aromatic carbocycles. The summed E-state index contributed by atoms with van der Waals surface area (Å²) in [5.74, 6) is 1.62. The second-order valence-corrected chi connectivity index (χ2v) is 2.15. The number of benzene rings is 1. The van der Waals surface area contributed by atoms with Gasteiger partial charge in [-0.3, -0.25) is 0 Å². The van der Waals surface area contributed by atoms with E-state index in [1.165, 1.54) is 0 Å². The van der Waals surface area contributed by atoms with Gasteiger partial charge in [0.25, 0.3) is 12.3 Å². The van der Waals surface area contributed by atoms with Crippen molar-refractivity contribution in [3.8, 4) is 11.5 Å². The third-order valence-corrected chi connectivity index (χ3v) is 1.59. The van der Waals surface area contributed by atoms with Crippen LogP contribution in [0.3, 0.4) is 0 Å². The number of hydrogen-bond donors (Lipinski definition) is 0. The van der Waals surface area contributed by atoms with Gasteiger partial charge in [0.1, 0.15) is 0 Å². The summed E-state index contributed by atoms with van der Waals surface area (Å²) in [6.07, 6.45) is 0. The van der Waals surface area contributed by atoms with Crippen LogP contribution in [0.2, 0.25) is 0 Å². The molecule has 0 unspecified atom stereocenters. The third kappa shape index (κ3) is 0.733. The van der Waals surface area contributed by atoms with Gasteiger partial charge in [0.2, 0.25) is 0 Å². The zero-order valence-electron chi connectivity index (χ0n) is 4.53. The summed E-state index contributed by atoms with van der Waals surface area (Å²) in [6, 6.07) is 7.56. The first-order valence-electron chi connectivity index (χ1n) is 2.57. The van der Waals surface area contributed by atoms with E-state index in [0.29, 0.717) is 0 Å². The zero-order valence-corrected chi connectivity index (χ0v) is 5.35. The summed E-state index contributed by atoms with van der Waals surface area (Å²) < 4.78 is 9.99. The number of hydrogen-bond acceptors (Lipinski definition) is 3. The van der Waals surface area contributed by atoms with Crippen molar-refractivity contribution in [2.24, 2.45) is 0 Å². The summed E-state index contributed by atoms with van der Waals surface area (Å²) in [5.41, 5.74) is 0. The number of para-hydroxylation sites is 2. The molecule has 0 fully saturated rings. The molecule has 1 aromatic rings. The molecule has 0 bridgehead atoms. The molecule has 0 N–H and O–H groups in total. The highest BCUT2D eigenvalue weighted by atomic mass is 32.2. The molecule has 2 nitrogen and oxygen atoms in total. The first-order chi connectivity index (χ1) is 4.47. The van der Waals surface area contributed by atoms with Crippen molar-refractivity contribution in [2.45, 2.75) is 0 Å². The van der Waals surface area contributed by atoms with Gasteiger partial charge in [0, 0.05) is 0 Å². The van der Waals surface area contributed by atoms with Crippen molar-refractivity contribution in [1.29, 1.82) is 0 Å². The van der Waals surface area contributed by atoms with E-state index in [-0.39, 0.29) is 0 Å². The van der Waals surface area contributed by atoms with Crippen molar-refractivity contribution in [1.82, 2.24) is 0 Å². The van der Waals surface area contributed by atoms with Gasteiger partial charge < -0.3 is 8.37 Å². The summed E-state index contributed by atoms with van der Waals surface area (Å²) in [6.45, 7) is 0. The van der Waals surface area contributed by atoms with Gasteiger partial charge in [-0.05, 0) is 12.1 Å². The van der Waals surface area contributed by atoms with Crippen LogP contribution in [0.1, 0.15) is 0 Å². The van der Waals surface area contributed by atoms with Gasteiger partial charge in [-0.1, -0.05) is 12.1 Å². The summed E-state index contributed by atoms with van der Waals surface area (Å²) in [7, 11) is 0. The van der Waals surface area contributed by atoms with Crippen molar-refractivity contribution >= 4 is 12.3 Å². The van der Waals surface area contributed by atoms with Gasteiger partial charge >= 0.3 is 0 Å². The molecule has 1 heterocycles. The van der Waals surface area contributed by atoms with Crippen molar-refractivity contribution in [3.05, 3.63) is 24.3 Å². The highest BCUT2D eigenvalue weighted by Gasteiger charge is 2.12. The topological polar surface area (TPSA) is 18.5 Å². The molecule has 3 heteroatoms. The molecule has 0 aliphatic carbocycles. The van der Waals surface area contributed by atoms with Gasteiger partial charge in [-0.2, -0.15) is 0 Å². The Balaban J connectivity index is 2.54. The molecule has 2 rings (SSSR count). The van der Waals surface area contributed by atoms with Crippen LogP contribution in [-0.2, 0) is 0 Å². The average Bonchev–Trinajstić information content (AvgIpc) is 2.33. The van der Waals surface area contributed by atoms with Gasteiger partial charge in [-0.15, -0.1) is 0 Å². The Morgan fingerprint density at radius 1 is 1.00 bits per heavy atom. The maximum absolute atomic E-state index is 4.99. The number of fused-ring (bicyclic) bond motifs is 1. The number of rotatable bonds is 0. The molecule has 46 valence electrons. The van der Waals surface area contributed by atoms with Gasteiger partial charge in [0.05, 0.1) is 0 Å². The van der Waals surface area contributed by atoms with Crippen molar-refractivity contribution < 1.29 is 8.37 Å². The maximum atomic E-state index is 4.99. The minimum absolute atomic E-state index is 0.808. The highest BCUT2D eigenvalue weighted by Crippen LogP contribution is 2.37. The van der Waals surface area contributed by atoms with E-state index >= 15 is 0 Å². The monoisotopic (exact) mass is 140 g/mol. The molecule has 0 saturated heterocycles. The van der Waals surface area contributed by atoms with Crippen LogP contribution in [0.25, 0.3) is 0 Å². The van der Waals surface area contributed by atoms with E-state index in [0.717, 1.165) is 23.8 Å². The summed E-state index contributed by atoms with van der Waals surface area (Å²) >= 11 is 1.00. The van der Waals surface area contributed by atoms with Gasteiger partial charge in [-0.25, -0.2) is 0 Å². The minimum Gasteiger partial charge on any atom is -0.387 e. The Kier molecular flexibility index (Phi) is 1.02. The summed E-state index contributed by atoms with van der Waals surface area (Å²) in [4.78, 5) is 0. The fourth-order valence-corrected chi connectivity index (χ4v) is 1.13. The van der Waals surface area contributed by atoms with Gasteiger partial charge in [0.15, 0.2) is 11.5 Å². The predicted molar refractivity (Wildman–Crippen MR) is 35.3 cm³/mol. The second-order valence-electron chi connectivity index (χ2n) is 1.68. The van der Waals surface area contributed by atoms with E-state index in [1.54, 1.807) is 0 Å². The molecule has 0 aromatic heterocycles.